The zero-order valence-electron chi connectivity index (χ0n) is 18.6. The van der Waals surface area contributed by atoms with Crippen LogP contribution in [0.15, 0.2) is 57.9 Å². The molecule has 1 atom stereocenters. The molecule has 0 aliphatic carbocycles. The van der Waals surface area contributed by atoms with Crippen LogP contribution >= 0.6 is 0 Å². The van der Waals surface area contributed by atoms with E-state index in [2.05, 4.69) is 15.5 Å². The molecule has 2 heterocycles. The van der Waals surface area contributed by atoms with Gasteiger partial charge in [-0.1, -0.05) is 5.16 Å². The average molecular weight is 489 g/mol. The Balaban J connectivity index is 1.34. The van der Waals surface area contributed by atoms with Crippen molar-refractivity contribution in [1.82, 2.24) is 19.8 Å². The van der Waals surface area contributed by atoms with Crippen molar-refractivity contribution in [2.75, 3.05) is 19.7 Å². The number of aromatic nitrogens is 2. The van der Waals surface area contributed by atoms with Crippen molar-refractivity contribution >= 4 is 15.9 Å². The third-order valence-electron chi connectivity index (χ3n) is 5.51. The summed E-state index contributed by atoms with van der Waals surface area (Å²) in [6, 6.07) is 11.9. The third kappa shape index (κ3) is 5.42. The molecule has 180 valence electrons. The van der Waals surface area contributed by atoms with E-state index in [0.717, 1.165) is 23.4 Å². The summed E-state index contributed by atoms with van der Waals surface area (Å²) in [6.07, 6.45) is 1.10. The van der Waals surface area contributed by atoms with Crippen molar-refractivity contribution < 1.29 is 26.9 Å². The molecule has 1 N–H and O–H groups in total. The topological polar surface area (TPSA) is 115 Å². The van der Waals surface area contributed by atoms with Gasteiger partial charge < -0.3 is 14.6 Å². The highest BCUT2D eigenvalue weighted by Crippen LogP contribution is 2.24. The van der Waals surface area contributed by atoms with Gasteiger partial charge in [0.25, 0.3) is 0 Å². The summed E-state index contributed by atoms with van der Waals surface area (Å²) in [5, 5.41) is 6.70. The molecule has 0 radical (unpaired) electrons. The van der Waals surface area contributed by atoms with Crippen molar-refractivity contribution in [2.24, 2.45) is 5.92 Å². The van der Waals surface area contributed by atoms with Crippen LogP contribution in [0.25, 0.3) is 11.4 Å². The Morgan fingerprint density at radius 3 is 2.65 bits per heavy atom. The van der Waals surface area contributed by atoms with Crippen LogP contribution < -0.4 is 10.1 Å². The molecular weight excluding hydrogens is 463 g/mol. The van der Waals surface area contributed by atoms with Crippen LogP contribution in [0, 0.1) is 11.7 Å². The smallest absolute Gasteiger partial charge is 0.246 e. The highest BCUT2D eigenvalue weighted by Gasteiger charge is 2.33. The summed E-state index contributed by atoms with van der Waals surface area (Å²) >= 11 is 0. The largest absolute Gasteiger partial charge is 0.494 e. The molecule has 1 saturated heterocycles. The van der Waals surface area contributed by atoms with Gasteiger partial charge in [-0.15, -0.1) is 0 Å². The Morgan fingerprint density at radius 1 is 1.21 bits per heavy atom. The third-order valence-corrected chi connectivity index (χ3v) is 7.39. The van der Waals surface area contributed by atoms with Gasteiger partial charge in [-0.3, -0.25) is 4.79 Å². The summed E-state index contributed by atoms with van der Waals surface area (Å²) in [7, 11) is -3.81. The predicted octanol–water partition coefficient (Wildman–Crippen LogP) is 2.99. The lowest BCUT2D eigenvalue weighted by atomic mass is 9.99. The number of carbonyl (C=O) groups excluding carboxylic acids is 1. The van der Waals surface area contributed by atoms with E-state index in [1.165, 1.54) is 16.4 Å². The summed E-state index contributed by atoms with van der Waals surface area (Å²) in [4.78, 5) is 17.0. The second-order valence-corrected chi connectivity index (χ2v) is 9.78. The van der Waals surface area contributed by atoms with Crippen LogP contribution in [0.1, 0.15) is 25.7 Å². The molecule has 1 aliphatic heterocycles. The number of rotatable bonds is 8. The minimum atomic E-state index is -3.81. The van der Waals surface area contributed by atoms with E-state index in [1.54, 1.807) is 0 Å². The molecule has 2 aromatic carbocycles. The highest BCUT2D eigenvalue weighted by atomic mass is 32.2. The van der Waals surface area contributed by atoms with Gasteiger partial charge in [0.2, 0.25) is 27.6 Å². The maximum absolute atomic E-state index is 13.2. The normalized spacial score (nSPS) is 16.8. The number of benzene rings is 2. The lowest BCUT2D eigenvalue weighted by Crippen LogP contribution is -2.45. The number of ether oxygens (including phenoxy) is 1. The van der Waals surface area contributed by atoms with E-state index >= 15 is 0 Å². The van der Waals surface area contributed by atoms with Crippen LogP contribution in [-0.4, -0.2) is 48.5 Å². The van der Waals surface area contributed by atoms with E-state index in [-0.39, 0.29) is 29.8 Å². The number of piperidine rings is 1. The van der Waals surface area contributed by atoms with Gasteiger partial charge in [-0.05, 0) is 68.3 Å². The van der Waals surface area contributed by atoms with Crippen LogP contribution in [0.5, 0.6) is 5.75 Å². The molecule has 0 spiro atoms. The molecule has 0 bridgehead atoms. The van der Waals surface area contributed by atoms with Crippen LogP contribution in [0.4, 0.5) is 4.39 Å². The zero-order valence-corrected chi connectivity index (χ0v) is 19.4. The van der Waals surface area contributed by atoms with Crippen molar-refractivity contribution in [3.05, 3.63) is 60.2 Å². The van der Waals surface area contributed by atoms with Gasteiger partial charge in [-0.25, -0.2) is 12.8 Å². The molecule has 0 saturated carbocycles. The maximum atomic E-state index is 13.2. The average Bonchev–Trinajstić information content (AvgIpc) is 3.33. The van der Waals surface area contributed by atoms with Crippen molar-refractivity contribution in [2.45, 2.75) is 31.2 Å². The number of carbonyl (C=O) groups is 1. The minimum absolute atomic E-state index is 0.00244. The van der Waals surface area contributed by atoms with Gasteiger partial charge in [0.15, 0.2) is 0 Å². The Morgan fingerprint density at radius 2 is 1.94 bits per heavy atom. The standard InChI is InChI=1S/C23H25FN4O5S/c1-2-32-19-9-5-16(6-10-19)22-26-21(33-27-22)14-25-23(29)17-4-3-13-28(15-17)34(30,31)20-11-7-18(24)8-12-20/h5-12,17H,2-4,13-15H2,1H3,(H,25,29)/t17-/m0/s1. The zero-order chi connectivity index (χ0) is 24.1. The Hall–Kier alpha value is -3.31. The van der Waals surface area contributed by atoms with Gasteiger partial charge in [0.1, 0.15) is 11.6 Å². The molecule has 1 amide bonds. The first kappa shape index (κ1) is 23.8. The molecule has 9 nitrogen and oxygen atoms in total. The van der Waals surface area contributed by atoms with Crippen molar-refractivity contribution in [3.63, 3.8) is 0 Å². The monoisotopic (exact) mass is 488 g/mol. The van der Waals surface area contributed by atoms with Crippen molar-refractivity contribution in [1.29, 1.82) is 0 Å². The minimum Gasteiger partial charge on any atom is -0.494 e. The van der Waals surface area contributed by atoms with Gasteiger partial charge in [0, 0.05) is 18.7 Å². The van der Waals surface area contributed by atoms with E-state index in [4.69, 9.17) is 9.26 Å². The van der Waals surface area contributed by atoms with Crippen LogP contribution in [0.3, 0.4) is 0 Å². The molecule has 34 heavy (non-hydrogen) atoms. The highest BCUT2D eigenvalue weighted by molar-refractivity contribution is 7.89. The van der Waals surface area contributed by atoms with E-state index in [1.807, 2.05) is 31.2 Å². The molecule has 1 fully saturated rings. The summed E-state index contributed by atoms with van der Waals surface area (Å²) in [6.45, 7) is 2.86. The summed E-state index contributed by atoms with van der Waals surface area (Å²) in [5.41, 5.74) is 0.749. The molecule has 3 aromatic rings. The van der Waals surface area contributed by atoms with E-state index < -0.39 is 21.8 Å². The molecule has 0 unspecified atom stereocenters. The molecule has 11 heteroatoms. The lowest BCUT2D eigenvalue weighted by molar-refractivity contribution is -0.126. The predicted molar refractivity (Wildman–Crippen MR) is 121 cm³/mol. The molecule has 1 aromatic heterocycles. The van der Waals surface area contributed by atoms with Crippen molar-refractivity contribution in [3.8, 4) is 17.1 Å². The number of hydrogen-bond acceptors (Lipinski definition) is 7. The van der Waals surface area contributed by atoms with E-state index in [0.29, 0.717) is 31.8 Å². The number of amides is 1. The lowest BCUT2D eigenvalue weighted by Gasteiger charge is -2.31. The number of halogens is 1. The van der Waals surface area contributed by atoms with E-state index in [9.17, 15) is 17.6 Å². The first-order chi connectivity index (χ1) is 16.4. The number of nitrogens with one attached hydrogen (secondary N) is 1. The molecule has 4 rings (SSSR count). The fourth-order valence-corrected chi connectivity index (χ4v) is 5.27. The number of hydrogen-bond donors (Lipinski definition) is 1. The van der Waals surface area contributed by atoms with Gasteiger partial charge in [-0.2, -0.15) is 9.29 Å². The molecule has 1 aliphatic rings. The van der Waals surface area contributed by atoms with Gasteiger partial charge in [0.05, 0.1) is 24.0 Å². The van der Waals surface area contributed by atoms with Gasteiger partial charge >= 0.3 is 0 Å². The SMILES string of the molecule is CCOc1ccc(-c2noc(CNC(=O)[C@H]3CCCN(S(=O)(=O)c4ccc(F)cc4)C3)n2)cc1. The first-order valence-electron chi connectivity index (χ1n) is 11.0. The van der Waals surface area contributed by atoms with Crippen LogP contribution in [0.2, 0.25) is 0 Å². The Labute approximate surface area is 197 Å². The second kappa shape index (κ2) is 10.3. The first-order valence-corrected chi connectivity index (χ1v) is 12.4. The molecular formula is C23H25FN4O5S. The second-order valence-electron chi connectivity index (χ2n) is 7.84. The fraction of sp³-hybridized carbons (Fsp3) is 0.348. The Bertz CT molecular complexity index is 1230. The summed E-state index contributed by atoms with van der Waals surface area (Å²) < 4.78 is 50.8. The summed E-state index contributed by atoms with van der Waals surface area (Å²) in [5.74, 6) is 0.0504. The van der Waals surface area contributed by atoms with Crippen LogP contribution in [-0.2, 0) is 21.4 Å². The maximum Gasteiger partial charge on any atom is 0.246 e. The number of sulfonamides is 1. The Kier molecular flexibility index (Phi) is 7.23. The fourth-order valence-electron chi connectivity index (χ4n) is 3.75. The number of nitrogens with zero attached hydrogens (tertiary/aromatic N) is 3. The quantitative estimate of drug-likeness (QED) is 0.518.